The molecule has 1 heterocycles. The molecule has 34 heavy (non-hydrogen) atoms. The number of ether oxygens (including phenoxy) is 2. The van der Waals surface area contributed by atoms with Gasteiger partial charge in [-0.05, 0) is 37.3 Å². The maximum atomic E-state index is 12.9. The summed E-state index contributed by atoms with van der Waals surface area (Å²) in [5.74, 6) is -0.242. The van der Waals surface area contributed by atoms with Crippen molar-refractivity contribution in [3.8, 4) is 17.2 Å². The molecule has 0 radical (unpaired) electrons. The van der Waals surface area contributed by atoms with Crippen LogP contribution >= 0.6 is 0 Å². The van der Waals surface area contributed by atoms with Gasteiger partial charge in [0.1, 0.15) is 17.2 Å². The zero-order valence-electron chi connectivity index (χ0n) is 18.4. The number of methoxy groups -OCH3 is 1. The number of benzene rings is 2. The fourth-order valence-electron chi connectivity index (χ4n) is 3.04. The lowest BCUT2D eigenvalue weighted by Gasteiger charge is -2.14. The van der Waals surface area contributed by atoms with Gasteiger partial charge in [0.15, 0.2) is 5.69 Å². The Morgan fingerprint density at radius 3 is 2.35 bits per heavy atom. The van der Waals surface area contributed by atoms with Crippen LogP contribution in [0.4, 0.5) is 24.5 Å². The van der Waals surface area contributed by atoms with Crippen LogP contribution in [0.25, 0.3) is 0 Å². The Labute approximate surface area is 192 Å². The topological polar surface area (TPSA) is 109 Å². The van der Waals surface area contributed by atoms with Gasteiger partial charge in [-0.25, -0.2) is 0 Å². The van der Waals surface area contributed by atoms with Crippen LogP contribution in [0.1, 0.15) is 18.3 Å². The fourth-order valence-corrected chi connectivity index (χ4v) is 3.04. The number of hydrogen-bond donors (Lipinski definition) is 1. The molecule has 0 spiro atoms. The number of nitro benzene ring substituents is 1. The summed E-state index contributed by atoms with van der Waals surface area (Å²) in [7, 11) is 1.51. The molecule has 1 aromatic heterocycles. The van der Waals surface area contributed by atoms with Gasteiger partial charge in [0.2, 0.25) is 5.91 Å². The van der Waals surface area contributed by atoms with Crippen molar-refractivity contribution in [2.45, 2.75) is 26.6 Å². The highest BCUT2D eigenvalue weighted by atomic mass is 19.4. The molecule has 0 aliphatic carbocycles. The molecular weight excluding hydrogens is 457 g/mol. The van der Waals surface area contributed by atoms with Gasteiger partial charge in [-0.2, -0.15) is 18.3 Å². The van der Waals surface area contributed by atoms with Gasteiger partial charge < -0.3 is 14.8 Å². The highest BCUT2D eigenvalue weighted by Gasteiger charge is 2.34. The summed E-state index contributed by atoms with van der Waals surface area (Å²) in [5, 5.41) is 17.4. The molecule has 2 aromatic carbocycles. The van der Waals surface area contributed by atoms with Crippen LogP contribution in [0, 0.1) is 23.0 Å². The van der Waals surface area contributed by atoms with Gasteiger partial charge in [-0.15, -0.1) is 0 Å². The first-order valence-corrected chi connectivity index (χ1v) is 10.00. The molecule has 1 N–H and O–H groups in total. The number of anilines is 1. The molecule has 1 atom stereocenters. The molecule has 0 saturated heterocycles. The first-order chi connectivity index (χ1) is 16.0. The summed E-state index contributed by atoms with van der Waals surface area (Å²) in [4.78, 5) is 23.4. The van der Waals surface area contributed by atoms with E-state index in [1.165, 1.54) is 33.1 Å². The average Bonchev–Trinajstić information content (AvgIpc) is 3.14. The van der Waals surface area contributed by atoms with E-state index >= 15 is 0 Å². The standard InChI is InChI=1S/C22H21F3N4O5/c1-13(12-28-14(2)8-20(27-28)22(23,24)25)21(30)26-15-9-16(29(31)32)11-19(10-15)34-18-6-4-17(33-3)5-7-18/h4-11,13H,12H2,1-3H3,(H,26,30). The lowest BCUT2D eigenvalue weighted by Crippen LogP contribution is -2.25. The van der Waals surface area contributed by atoms with E-state index in [1.54, 1.807) is 24.3 Å². The Balaban J connectivity index is 1.76. The second-order valence-electron chi connectivity index (χ2n) is 7.49. The fraction of sp³-hybridized carbons (Fsp3) is 0.273. The number of nitrogens with zero attached hydrogens (tertiary/aromatic N) is 3. The second-order valence-corrected chi connectivity index (χ2v) is 7.49. The highest BCUT2D eigenvalue weighted by Crippen LogP contribution is 2.31. The van der Waals surface area contributed by atoms with Crippen LogP contribution < -0.4 is 14.8 Å². The minimum absolute atomic E-state index is 0.0997. The van der Waals surface area contributed by atoms with Crippen molar-refractivity contribution in [1.82, 2.24) is 9.78 Å². The number of amides is 1. The molecule has 0 fully saturated rings. The highest BCUT2D eigenvalue weighted by molar-refractivity contribution is 5.92. The lowest BCUT2D eigenvalue weighted by molar-refractivity contribution is -0.384. The molecule has 3 aromatic rings. The first kappa shape index (κ1) is 24.6. The Bertz CT molecular complexity index is 1190. The molecule has 12 heteroatoms. The van der Waals surface area contributed by atoms with Crippen LogP contribution in [-0.2, 0) is 17.5 Å². The second kappa shape index (κ2) is 9.81. The van der Waals surface area contributed by atoms with Crippen LogP contribution in [0.2, 0.25) is 0 Å². The molecule has 0 aliphatic heterocycles. The summed E-state index contributed by atoms with van der Waals surface area (Å²) in [5.41, 5.74) is -1.01. The summed E-state index contributed by atoms with van der Waals surface area (Å²) >= 11 is 0. The van der Waals surface area contributed by atoms with Gasteiger partial charge in [-0.3, -0.25) is 19.6 Å². The third-order valence-electron chi connectivity index (χ3n) is 4.83. The minimum atomic E-state index is -4.59. The molecule has 0 aliphatic rings. The third kappa shape index (κ3) is 6.03. The average molecular weight is 478 g/mol. The molecule has 1 amide bonds. The van der Waals surface area contributed by atoms with Crippen molar-refractivity contribution in [2.24, 2.45) is 5.92 Å². The number of carbonyl (C=O) groups is 1. The van der Waals surface area contributed by atoms with E-state index in [0.29, 0.717) is 11.5 Å². The van der Waals surface area contributed by atoms with Gasteiger partial charge in [0.05, 0.1) is 36.2 Å². The van der Waals surface area contributed by atoms with Crippen molar-refractivity contribution < 1.29 is 32.4 Å². The number of alkyl halides is 3. The van der Waals surface area contributed by atoms with Crippen molar-refractivity contribution in [2.75, 3.05) is 12.4 Å². The minimum Gasteiger partial charge on any atom is -0.497 e. The Morgan fingerprint density at radius 2 is 1.79 bits per heavy atom. The van der Waals surface area contributed by atoms with E-state index in [9.17, 15) is 28.1 Å². The molecule has 0 bridgehead atoms. The summed E-state index contributed by atoms with van der Waals surface area (Å²) in [6, 6.07) is 11.2. The predicted octanol–water partition coefficient (Wildman–Crippen LogP) is 5.19. The lowest BCUT2D eigenvalue weighted by atomic mass is 10.1. The Morgan fingerprint density at radius 1 is 1.15 bits per heavy atom. The van der Waals surface area contributed by atoms with E-state index in [4.69, 9.17) is 9.47 Å². The number of aryl methyl sites for hydroxylation is 1. The molecule has 9 nitrogen and oxygen atoms in total. The van der Waals surface area contributed by atoms with Crippen molar-refractivity contribution in [1.29, 1.82) is 0 Å². The number of hydrogen-bond acceptors (Lipinski definition) is 6. The SMILES string of the molecule is COc1ccc(Oc2cc(NC(=O)C(C)Cn3nc(C(F)(F)F)cc3C)cc([N+](=O)[O-])c2)cc1. The zero-order chi connectivity index (χ0) is 25.0. The number of nitrogens with one attached hydrogen (secondary N) is 1. The van der Waals surface area contributed by atoms with Crippen LogP contribution in [0.15, 0.2) is 48.5 Å². The zero-order valence-corrected chi connectivity index (χ0v) is 18.4. The maximum absolute atomic E-state index is 12.9. The Kier molecular flexibility index (Phi) is 7.08. The molecular formula is C22H21F3N4O5. The summed E-state index contributed by atoms with van der Waals surface area (Å²) in [6.45, 7) is 2.85. The summed E-state index contributed by atoms with van der Waals surface area (Å²) in [6.07, 6.45) is -4.59. The number of rotatable bonds is 8. The third-order valence-corrected chi connectivity index (χ3v) is 4.83. The molecule has 180 valence electrons. The van der Waals surface area contributed by atoms with Gasteiger partial charge in [0, 0.05) is 17.8 Å². The predicted molar refractivity (Wildman–Crippen MR) is 116 cm³/mol. The number of halogens is 3. The molecule has 0 saturated carbocycles. The van der Waals surface area contributed by atoms with Gasteiger partial charge in [0.25, 0.3) is 5.69 Å². The van der Waals surface area contributed by atoms with Crippen molar-refractivity contribution in [3.05, 3.63) is 70.0 Å². The maximum Gasteiger partial charge on any atom is 0.435 e. The largest absolute Gasteiger partial charge is 0.497 e. The van der Waals surface area contributed by atoms with E-state index in [0.717, 1.165) is 16.8 Å². The smallest absolute Gasteiger partial charge is 0.435 e. The van der Waals surface area contributed by atoms with Crippen LogP contribution in [0.3, 0.4) is 0 Å². The van der Waals surface area contributed by atoms with Crippen LogP contribution in [0.5, 0.6) is 17.2 Å². The monoisotopic (exact) mass is 478 g/mol. The quantitative estimate of drug-likeness (QED) is 0.352. The van der Waals surface area contributed by atoms with E-state index in [1.807, 2.05) is 0 Å². The van der Waals surface area contributed by atoms with Crippen molar-refractivity contribution in [3.63, 3.8) is 0 Å². The van der Waals surface area contributed by atoms with Crippen molar-refractivity contribution >= 4 is 17.3 Å². The first-order valence-electron chi connectivity index (χ1n) is 10.00. The van der Waals surface area contributed by atoms with E-state index in [-0.39, 0.29) is 29.4 Å². The van der Waals surface area contributed by atoms with Gasteiger partial charge >= 0.3 is 6.18 Å². The molecule has 3 rings (SSSR count). The van der Waals surface area contributed by atoms with Gasteiger partial charge in [-0.1, -0.05) is 6.92 Å². The van der Waals surface area contributed by atoms with Crippen LogP contribution in [-0.4, -0.2) is 27.7 Å². The van der Waals surface area contributed by atoms with E-state index in [2.05, 4.69) is 10.4 Å². The summed E-state index contributed by atoms with van der Waals surface area (Å²) < 4.78 is 50.4. The number of nitro groups is 1. The Hall–Kier alpha value is -4.09. The number of non-ortho nitro benzene ring substituents is 1. The van der Waals surface area contributed by atoms with E-state index < -0.39 is 28.6 Å². The normalized spacial score (nSPS) is 12.2. The number of carbonyl (C=O) groups excluding carboxylic acids is 1. The molecule has 1 unspecified atom stereocenters. The number of aromatic nitrogens is 2.